The number of carbonyl (C=O) groups excluding carboxylic acids is 1. The number of benzene rings is 2. The molecule has 0 saturated heterocycles. The summed E-state index contributed by atoms with van der Waals surface area (Å²) in [4.78, 5) is 25.5. The number of para-hydroxylation sites is 2. The molecule has 0 unspecified atom stereocenters. The van der Waals surface area contributed by atoms with E-state index in [0.717, 1.165) is 27.0 Å². The maximum absolute atomic E-state index is 13.3. The molecule has 138 valence electrons. The molecule has 2 heterocycles. The maximum Gasteiger partial charge on any atom is 0.289 e. The smallest absolute Gasteiger partial charge is 0.289 e. The third-order valence-electron chi connectivity index (χ3n) is 4.15. The van der Waals surface area contributed by atoms with Gasteiger partial charge in [-0.2, -0.15) is 0 Å². The number of hydrogen-bond donors (Lipinski definition) is 1. The first-order chi connectivity index (χ1) is 13.0. The molecule has 1 N–H and O–H groups in total. The van der Waals surface area contributed by atoms with Crippen molar-refractivity contribution < 1.29 is 9.69 Å². The quantitative estimate of drug-likeness (QED) is 0.541. The predicted octanol–water partition coefficient (Wildman–Crippen LogP) is 3.35. The Morgan fingerprint density at radius 3 is 2.59 bits per heavy atom. The molecule has 4 rings (SSSR count). The lowest BCUT2D eigenvalue weighted by Gasteiger charge is -2.19. The molecule has 4 aromatic rings. The van der Waals surface area contributed by atoms with Crippen LogP contribution in [0.25, 0.3) is 20.4 Å². The van der Waals surface area contributed by atoms with Crippen LogP contribution < -0.4 is 9.80 Å². The van der Waals surface area contributed by atoms with Gasteiger partial charge in [0.25, 0.3) is 5.91 Å². The van der Waals surface area contributed by atoms with Gasteiger partial charge in [0.15, 0.2) is 10.1 Å². The predicted molar refractivity (Wildman–Crippen MR) is 114 cm³/mol. The van der Waals surface area contributed by atoms with E-state index in [1.165, 1.54) is 27.6 Å². The van der Waals surface area contributed by atoms with Gasteiger partial charge in [0, 0.05) is 0 Å². The fourth-order valence-electron chi connectivity index (χ4n) is 2.72. The summed E-state index contributed by atoms with van der Waals surface area (Å²) in [6.07, 6.45) is 0. The molecule has 0 bridgehead atoms. The van der Waals surface area contributed by atoms with E-state index in [9.17, 15) is 4.79 Å². The van der Waals surface area contributed by atoms with Crippen molar-refractivity contribution in [3.05, 3.63) is 52.5 Å². The molecule has 0 aliphatic rings. The van der Waals surface area contributed by atoms with Gasteiger partial charge >= 0.3 is 0 Å². The number of thiazole rings is 2. The maximum atomic E-state index is 13.3. The van der Waals surface area contributed by atoms with Gasteiger partial charge in [0.1, 0.15) is 5.52 Å². The highest BCUT2D eigenvalue weighted by atomic mass is 35.5. The van der Waals surface area contributed by atoms with E-state index < -0.39 is 0 Å². The van der Waals surface area contributed by atoms with Gasteiger partial charge in [-0.3, -0.25) is 9.69 Å². The molecule has 27 heavy (non-hydrogen) atoms. The first kappa shape index (κ1) is 18.3. The van der Waals surface area contributed by atoms with Crippen LogP contribution in [0.5, 0.6) is 0 Å². The summed E-state index contributed by atoms with van der Waals surface area (Å²) >= 11 is 9.17. The minimum Gasteiger partial charge on any atom is -0.338 e. The lowest BCUT2D eigenvalue weighted by Crippen LogP contribution is -3.06. The Kier molecular flexibility index (Phi) is 5.10. The lowest BCUT2D eigenvalue weighted by atomic mass is 10.3. The van der Waals surface area contributed by atoms with Crippen molar-refractivity contribution >= 4 is 65.7 Å². The molecule has 2 aromatic heterocycles. The summed E-state index contributed by atoms with van der Waals surface area (Å²) in [7, 11) is 4.13. The fourth-order valence-corrected chi connectivity index (χ4v) is 4.92. The lowest BCUT2D eigenvalue weighted by molar-refractivity contribution is -0.856. The SMILES string of the molecule is C[NH+](C)CCN(C(=O)c1nc2ccccc2s1)c1nc2c(Cl)cccc2s1. The number of nitrogens with zero attached hydrogens (tertiary/aromatic N) is 3. The Morgan fingerprint density at radius 2 is 1.85 bits per heavy atom. The molecule has 5 nitrogen and oxygen atoms in total. The van der Waals surface area contributed by atoms with Crippen molar-refractivity contribution in [3.8, 4) is 0 Å². The number of nitrogens with one attached hydrogen (secondary N) is 1. The molecular weight excluding hydrogens is 400 g/mol. The number of likely N-dealkylation sites (N-methyl/N-ethyl adjacent to an activating group) is 1. The van der Waals surface area contributed by atoms with E-state index >= 15 is 0 Å². The highest BCUT2D eigenvalue weighted by Crippen LogP contribution is 2.34. The van der Waals surface area contributed by atoms with Crippen molar-refractivity contribution in [3.63, 3.8) is 0 Å². The standard InChI is InChI=1S/C19H17ClN4OS2/c1-23(2)10-11-24(19-22-16-12(20)6-5-9-15(16)27-19)18(25)17-21-13-7-3-4-8-14(13)26-17/h3-9H,10-11H2,1-2H3/p+1. The van der Waals surface area contributed by atoms with Gasteiger partial charge in [0.05, 0.1) is 47.1 Å². The average molecular weight is 418 g/mol. The monoisotopic (exact) mass is 417 g/mol. The third kappa shape index (κ3) is 3.68. The van der Waals surface area contributed by atoms with Gasteiger partial charge in [-0.25, -0.2) is 9.97 Å². The van der Waals surface area contributed by atoms with Gasteiger partial charge in [-0.15, -0.1) is 11.3 Å². The van der Waals surface area contributed by atoms with Crippen LogP contribution in [0.3, 0.4) is 0 Å². The highest BCUT2D eigenvalue weighted by Gasteiger charge is 2.25. The molecule has 0 radical (unpaired) electrons. The second-order valence-electron chi connectivity index (χ2n) is 6.48. The number of halogens is 1. The molecule has 1 amide bonds. The number of amides is 1. The largest absolute Gasteiger partial charge is 0.338 e. The topological polar surface area (TPSA) is 50.5 Å². The minimum atomic E-state index is -0.118. The molecule has 0 aliphatic heterocycles. The summed E-state index contributed by atoms with van der Waals surface area (Å²) in [5.74, 6) is -0.118. The molecular formula is C19H18ClN4OS2+. The Hall–Kier alpha value is -2.06. The number of anilines is 1. The van der Waals surface area contributed by atoms with Crippen molar-refractivity contribution in [1.82, 2.24) is 9.97 Å². The number of hydrogen-bond acceptors (Lipinski definition) is 5. The number of carbonyl (C=O) groups is 1. The van der Waals surface area contributed by atoms with Gasteiger partial charge in [0.2, 0.25) is 0 Å². The summed E-state index contributed by atoms with van der Waals surface area (Å²) in [6, 6.07) is 13.5. The molecule has 0 aliphatic carbocycles. The molecule has 0 saturated carbocycles. The van der Waals surface area contributed by atoms with Crippen molar-refractivity contribution in [2.24, 2.45) is 0 Å². The van der Waals surface area contributed by atoms with E-state index in [4.69, 9.17) is 11.6 Å². The number of quaternary nitrogens is 1. The second-order valence-corrected chi connectivity index (χ2v) is 8.93. The van der Waals surface area contributed by atoms with Gasteiger partial charge < -0.3 is 4.90 Å². The Morgan fingerprint density at radius 1 is 1.07 bits per heavy atom. The van der Waals surface area contributed by atoms with Crippen molar-refractivity contribution in [1.29, 1.82) is 0 Å². The highest BCUT2D eigenvalue weighted by molar-refractivity contribution is 7.23. The fraction of sp³-hybridized carbons (Fsp3) is 0.211. The summed E-state index contributed by atoms with van der Waals surface area (Å²) in [5.41, 5.74) is 1.58. The Balaban J connectivity index is 1.74. The zero-order chi connectivity index (χ0) is 19.0. The van der Waals surface area contributed by atoms with E-state index in [1.54, 1.807) is 4.90 Å². The zero-order valence-electron chi connectivity index (χ0n) is 14.9. The second kappa shape index (κ2) is 7.52. The van der Waals surface area contributed by atoms with Crippen LogP contribution in [0, 0.1) is 0 Å². The minimum absolute atomic E-state index is 0.118. The van der Waals surface area contributed by atoms with Crippen LogP contribution in [-0.4, -0.2) is 43.1 Å². The average Bonchev–Trinajstić information content (AvgIpc) is 3.26. The Labute approximate surface area is 169 Å². The van der Waals surface area contributed by atoms with Crippen molar-refractivity contribution in [2.75, 3.05) is 32.1 Å². The van der Waals surface area contributed by atoms with Crippen LogP contribution in [-0.2, 0) is 0 Å². The van der Waals surface area contributed by atoms with Crippen molar-refractivity contribution in [2.45, 2.75) is 0 Å². The number of rotatable bonds is 5. The van der Waals surface area contributed by atoms with E-state index in [-0.39, 0.29) is 5.91 Å². The molecule has 0 fully saturated rings. The third-order valence-corrected chi connectivity index (χ3v) is 6.52. The first-order valence-corrected chi connectivity index (χ1v) is 10.6. The first-order valence-electron chi connectivity index (χ1n) is 8.54. The summed E-state index contributed by atoms with van der Waals surface area (Å²) in [6.45, 7) is 1.37. The number of aromatic nitrogens is 2. The van der Waals surface area contributed by atoms with Crippen LogP contribution >= 0.6 is 34.3 Å². The van der Waals surface area contributed by atoms with Crippen LogP contribution in [0.15, 0.2) is 42.5 Å². The van der Waals surface area contributed by atoms with Crippen LogP contribution in [0.1, 0.15) is 9.80 Å². The molecule has 0 atom stereocenters. The normalized spacial score (nSPS) is 11.6. The Bertz CT molecular complexity index is 1090. The zero-order valence-corrected chi connectivity index (χ0v) is 17.3. The van der Waals surface area contributed by atoms with Gasteiger partial charge in [-0.05, 0) is 24.3 Å². The van der Waals surface area contributed by atoms with E-state index in [2.05, 4.69) is 24.1 Å². The summed E-state index contributed by atoms with van der Waals surface area (Å²) < 4.78 is 1.98. The molecule has 2 aromatic carbocycles. The van der Waals surface area contributed by atoms with Crippen LogP contribution in [0.2, 0.25) is 5.02 Å². The van der Waals surface area contributed by atoms with E-state index in [1.807, 2.05) is 42.5 Å². The molecule has 0 spiro atoms. The van der Waals surface area contributed by atoms with E-state index in [0.29, 0.717) is 21.7 Å². The molecule has 8 heteroatoms. The summed E-state index contributed by atoms with van der Waals surface area (Å²) in [5, 5.41) is 1.74. The van der Waals surface area contributed by atoms with Crippen LogP contribution in [0.4, 0.5) is 5.13 Å². The van der Waals surface area contributed by atoms with Gasteiger partial charge in [-0.1, -0.05) is 41.1 Å². The number of fused-ring (bicyclic) bond motifs is 2.